The quantitative estimate of drug-likeness (QED) is 0.907. The van der Waals surface area contributed by atoms with E-state index in [4.69, 9.17) is 0 Å². The molecule has 0 aliphatic carbocycles. The molecule has 3 atom stereocenters. The predicted octanol–water partition coefficient (Wildman–Crippen LogP) is 2.03. The second-order valence-corrected chi connectivity index (χ2v) is 7.07. The number of fused-ring (bicyclic) bond motifs is 3. The van der Waals surface area contributed by atoms with Gasteiger partial charge >= 0.3 is 0 Å². The maximum Gasteiger partial charge on any atom is 0.228 e. The third kappa shape index (κ3) is 2.25. The zero-order chi connectivity index (χ0) is 16.0. The Morgan fingerprint density at radius 3 is 2.83 bits per heavy atom. The lowest BCUT2D eigenvalue weighted by molar-refractivity contribution is -0.138. The molecule has 3 fully saturated rings. The van der Waals surface area contributed by atoms with Crippen LogP contribution in [0.1, 0.15) is 37.7 Å². The Morgan fingerprint density at radius 2 is 2.09 bits per heavy atom. The number of benzene rings is 1. The summed E-state index contributed by atoms with van der Waals surface area (Å²) in [7, 11) is 0. The van der Waals surface area contributed by atoms with E-state index in [1.165, 1.54) is 12.1 Å². The first kappa shape index (κ1) is 14.7. The number of hydrogen-bond acceptors (Lipinski definition) is 2. The van der Waals surface area contributed by atoms with Crippen LogP contribution in [0, 0.1) is 11.2 Å². The highest BCUT2D eigenvalue weighted by atomic mass is 19.1. The molecule has 122 valence electrons. The molecule has 1 aromatic rings. The van der Waals surface area contributed by atoms with E-state index in [9.17, 15) is 14.0 Å². The highest BCUT2D eigenvalue weighted by Crippen LogP contribution is 2.53. The van der Waals surface area contributed by atoms with Crippen LogP contribution in [0.3, 0.4) is 0 Å². The monoisotopic (exact) mass is 316 g/mol. The maximum absolute atomic E-state index is 13.0. The molecule has 1 spiro atoms. The molecule has 2 bridgehead atoms. The molecule has 3 aliphatic heterocycles. The van der Waals surface area contributed by atoms with Crippen molar-refractivity contribution in [3.63, 3.8) is 0 Å². The van der Waals surface area contributed by atoms with Crippen LogP contribution in [-0.2, 0) is 16.0 Å². The van der Waals surface area contributed by atoms with Crippen molar-refractivity contribution in [3.05, 3.63) is 35.6 Å². The number of nitrogens with one attached hydrogen (secondary N) is 1. The van der Waals surface area contributed by atoms with Gasteiger partial charge in [0.1, 0.15) is 5.82 Å². The average molecular weight is 316 g/mol. The standard InChI is InChI=1S/C18H21FN2O2/c19-13-4-2-12(3-5-13)10-16(22)21-14-6-7-15(21)18(11-14)8-1-9-20-17(18)23/h2-5,14-15H,1,6-11H2,(H,20,23)/t14-,15-,18-/m0/s1. The summed E-state index contributed by atoms with van der Waals surface area (Å²) < 4.78 is 13.0. The summed E-state index contributed by atoms with van der Waals surface area (Å²) in [6.07, 6.45) is 4.89. The molecule has 0 aromatic heterocycles. The lowest BCUT2D eigenvalue weighted by atomic mass is 9.69. The minimum atomic E-state index is -0.361. The fourth-order valence-electron chi connectivity index (χ4n) is 4.84. The smallest absolute Gasteiger partial charge is 0.228 e. The Bertz CT molecular complexity index is 645. The van der Waals surface area contributed by atoms with Gasteiger partial charge in [-0.25, -0.2) is 4.39 Å². The van der Waals surface area contributed by atoms with Crippen molar-refractivity contribution in [3.8, 4) is 0 Å². The lowest BCUT2D eigenvalue weighted by Gasteiger charge is -2.39. The number of carbonyl (C=O) groups is 2. The van der Waals surface area contributed by atoms with E-state index in [1.54, 1.807) is 12.1 Å². The van der Waals surface area contributed by atoms with Crippen molar-refractivity contribution in [2.45, 2.75) is 50.6 Å². The summed E-state index contributed by atoms with van der Waals surface area (Å²) in [5.41, 5.74) is 0.462. The molecule has 1 aromatic carbocycles. The molecule has 3 saturated heterocycles. The van der Waals surface area contributed by atoms with Gasteiger partial charge in [-0.2, -0.15) is 0 Å². The van der Waals surface area contributed by atoms with E-state index in [0.29, 0.717) is 0 Å². The SMILES string of the molecule is O=C(Cc1ccc(F)cc1)N1[C@H]2CC[C@H]1[C@]1(CCCNC1=O)C2. The van der Waals surface area contributed by atoms with Crippen LogP contribution in [0.4, 0.5) is 4.39 Å². The van der Waals surface area contributed by atoms with Crippen LogP contribution in [0.15, 0.2) is 24.3 Å². The van der Waals surface area contributed by atoms with Gasteiger partial charge in [0.25, 0.3) is 0 Å². The Morgan fingerprint density at radius 1 is 1.30 bits per heavy atom. The summed E-state index contributed by atoms with van der Waals surface area (Å²) >= 11 is 0. The number of nitrogens with zero attached hydrogens (tertiary/aromatic N) is 1. The first-order valence-electron chi connectivity index (χ1n) is 8.44. The molecule has 4 rings (SSSR count). The van der Waals surface area contributed by atoms with Crippen molar-refractivity contribution in [1.29, 1.82) is 0 Å². The first-order valence-corrected chi connectivity index (χ1v) is 8.44. The molecule has 23 heavy (non-hydrogen) atoms. The highest BCUT2D eigenvalue weighted by Gasteiger charge is 2.61. The van der Waals surface area contributed by atoms with Crippen LogP contribution < -0.4 is 5.32 Å². The molecule has 1 N–H and O–H groups in total. The summed E-state index contributed by atoms with van der Waals surface area (Å²) in [5.74, 6) is -0.0878. The third-order valence-corrected chi connectivity index (χ3v) is 5.83. The fraction of sp³-hybridized carbons (Fsp3) is 0.556. The van der Waals surface area contributed by atoms with E-state index in [2.05, 4.69) is 5.32 Å². The van der Waals surface area contributed by atoms with Gasteiger partial charge in [0.2, 0.25) is 11.8 Å². The molecule has 3 aliphatic rings. The molecule has 0 saturated carbocycles. The largest absolute Gasteiger partial charge is 0.356 e. The van der Waals surface area contributed by atoms with Crippen LogP contribution in [0.25, 0.3) is 0 Å². The lowest BCUT2D eigenvalue weighted by Crippen LogP contribution is -2.53. The van der Waals surface area contributed by atoms with Gasteiger partial charge < -0.3 is 10.2 Å². The molecule has 3 heterocycles. The summed E-state index contributed by atoms with van der Waals surface area (Å²) in [6.45, 7) is 0.751. The third-order valence-electron chi connectivity index (χ3n) is 5.83. The minimum absolute atomic E-state index is 0.0424. The second kappa shape index (κ2) is 5.32. The van der Waals surface area contributed by atoms with Gasteiger partial charge in [-0.05, 0) is 49.8 Å². The van der Waals surface area contributed by atoms with Crippen LogP contribution >= 0.6 is 0 Å². The number of rotatable bonds is 2. The normalized spacial score (nSPS) is 32.4. The molecular formula is C18H21FN2O2. The summed E-state index contributed by atoms with van der Waals surface area (Å²) in [6, 6.07) is 6.33. The Hall–Kier alpha value is -1.91. The van der Waals surface area contributed by atoms with Gasteiger partial charge in [0.15, 0.2) is 0 Å². The molecule has 4 nitrogen and oxygen atoms in total. The summed E-state index contributed by atoms with van der Waals surface area (Å²) in [5, 5.41) is 3.00. The Labute approximate surface area is 135 Å². The number of hydrogen-bond donors (Lipinski definition) is 1. The number of piperidine rings is 1. The zero-order valence-corrected chi connectivity index (χ0v) is 13.1. The van der Waals surface area contributed by atoms with Gasteiger partial charge in [-0.15, -0.1) is 0 Å². The first-order chi connectivity index (χ1) is 11.1. The van der Waals surface area contributed by atoms with Gasteiger partial charge in [0, 0.05) is 18.6 Å². The van der Waals surface area contributed by atoms with Crippen molar-refractivity contribution in [2.24, 2.45) is 5.41 Å². The van der Waals surface area contributed by atoms with Crippen LogP contribution in [-0.4, -0.2) is 35.3 Å². The predicted molar refractivity (Wildman–Crippen MR) is 83.1 cm³/mol. The average Bonchev–Trinajstić information content (AvgIpc) is 3.09. The Balaban J connectivity index is 1.54. The molecule has 5 heteroatoms. The maximum atomic E-state index is 13.0. The number of carbonyl (C=O) groups excluding carboxylic acids is 2. The molecular weight excluding hydrogens is 295 g/mol. The van der Waals surface area contributed by atoms with E-state index in [0.717, 1.165) is 44.2 Å². The topological polar surface area (TPSA) is 49.4 Å². The van der Waals surface area contributed by atoms with Crippen molar-refractivity contribution >= 4 is 11.8 Å². The van der Waals surface area contributed by atoms with Crippen LogP contribution in [0.2, 0.25) is 0 Å². The highest BCUT2D eigenvalue weighted by molar-refractivity contribution is 5.88. The molecule has 2 amide bonds. The molecule has 0 unspecified atom stereocenters. The van der Waals surface area contributed by atoms with Crippen LogP contribution in [0.5, 0.6) is 0 Å². The fourth-order valence-corrected chi connectivity index (χ4v) is 4.84. The van der Waals surface area contributed by atoms with E-state index in [1.807, 2.05) is 4.90 Å². The van der Waals surface area contributed by atoms with E-state index in [-0.39, 0.29) is 41.6 Å². The van der Waals surface area contributed by atoms with Crippen molar-refractivity contribution in [2.75, 3.05) is 6.54 Å². The van der Waals surface area contributed by atoms with E-state index >= 15 is 0 Å². The van der Waals surface area contributed by atoms with Crippen molar-refractivity contribution < 1.29 is 14.0 Å². The van der Waals surface area contributed by atoms with Gasteiger partial charge in [-0.3, -0.25) is 9.59 Å². The second-order valence-electron chi connectivity index (χ2n) is 7.07. The number of halogens is 1. The number of amides is 2. The van der Waals surface area contributed by atoms with Gasteiger partial charge in [-0.1, -0.05) is 12.1 Å². The van der Waals surface area contributed by atoms with Gasteiger partial charge in [0.05, 0.1) is 11.8 Å². The minimum Gasteiger partial charge on any atom is -0.356 e. The molecule has 0 radical (unpaired) electrons. The van der Waals surface area contributed by atoms with Crippen molar-refractivity contribution in [1.82, 2.24) is 10.2 Å². The van der Waals surface area contributed by atoms with E-state index < -0.39 is 0 Å². The summed E-state index contributed by atoms with van der Waals surface area (Å²) in [4.78, 5) is 27.2. The zero-order valence-electron chi connectivity index (χ0n) is 13.1. The Kier molecular flexibility index (Phi) is 3.39.